The number of aryl methyl sites for hydroxylation is 3. The second-order valence-electron chi connectivity index (χ2n) is 5.71. The molecule has 100 valence electrons. The molecule has 0 aliphatic carbocycles. The smallest absolute Gasteiger partial charge is 0.0733 e. The molecule has 1 aromatic rings. The summed E-state index contributed by atoms with van der Waals surface area (Å²) in [7, 11) is 0. The molecule has 0 amide bonds. The van der Waals surface area contributed by atoms with Crippen molar-refractivity contribution in [1.29, 1.82) is 0 Å². The highest BCUT2D eigenvalue weighted by Gasteiger charge is 2.22. The molecule has 1 aliphatic rings. The van der Waals surface area contributed by atoms with Gasteiger partial charge in [-0.15, -0.1) is 0 Å². The molecule has 18 heavy (non-hydrogen) atoms. The minimum Gasteiger partial charge on any atom is -0.391 e. The third-order valence-corrected chi connectivity index (χ3v) is 4.07. The summed E-state index contributed by atoms with van der Waals surface area (Å²) >= 11 is 0. The first kappa shape index (κ1) is 13.6. The third kappa shape index (κ3) is 3.12. The van der Waals surface area contributed by atoms with Crippen molar-refractivity contribution >= 4 is 0 Å². The average molecular weight is 247 g/mol. The van der Waals surface area contributed by atoms with E-state index in [-0.39, 0.29) is 12.1 Å². The molecule has 1 aromatic carbocycles. The molecule has 0 radical (unpaired) electrons. The summed E-state index contributed by atoms with van der Waals surface area (Å²) in [5.41, 5.74) is 5.24. The molecular formula is C16H25NO. The van der Waals surface area contributed by atoms with E-state index in [0.29, 0.717) is 0 Å². The molecule has 2 atom stereocenters. The number of aliphatic hydroxyl groups excluding tert-OH is 1. The molecule has 2 nitrogen and oxygen atoms in total. The summed E-state index contributed by atoms with van der Waals surface area (Å²) in [6.07, 6.45) is 4.10. The summed E-state index contributed by atoms with van der Waals surface area (Å²) in [6, 6.07) is 4.70. The Balaban J connectivity index is 2.08. The number of aliphatic hydroxyl groups is 1. The van der Waals surface area contributed by atoms with Crippen molar-refractivity contribution in [2.24, 2.45) is 0 Å². The number of benzene rings is 1. The lowest BCUT2D eigenvalue weighted by atomic mass is 9.90. The van der Waals surface area contributed by atoms with E-state index in [1.807, 2.05) is 0 Å². The summed E-state index contributed by atoms with van der Waals surface area (Å²) in [4.78, 5) is 0. The lowest BCUT2D eigenvalue weighted by Crippen LogP contribution is -2.44. The Bertz CT molecular complexity index is 385. The van der Waals surface area contributed by atoms with Crippen LogP contribution in [0.1, 0.15) is 41.5 Å². The molecule has 2 rings (SSSR count). The van der Waals surface area contributed by atoms with Crippen LogP contribution in [0, 0.1) is 20.8 Å². The van der Waals surface area contributed by atoms with Crippen molar-refractivity contribution in [3.05, 3.63) is 34.4 Å². The Morgan fingerprint density at radius 2 is 1.89 bits per heavy atom. The SMILES string of the molecule is Cc1cc(C)c(CC(O)C2CCCCN2)c(C)c1. The summed E-state index contributed by atoms with van der Waals surface area (Å²) in [5.74, 6) is 0. The van der Waals surface area contributed by atoms with E-state index in [1.54, 1.807) is 0 Å². The van der Waals surface area contributed by atoms with Gasteiger partial charge in [-0.3, -0.25) is 0 Å². The van der Waals surface area contributed by atoms with Crippen molar-refractivity contribution < 1.29 is 5.11 Å². The molecule has 0 bridgehead atoms. The second-order valence-corrected chi connectivity index (χ2v) is 5.71. The summed E-state index contributed by atoms with van der Waals surface area (Å²) in [5, 5.41) is 13.8. The molecule has 0 saturated carbocycles. The number of piperidine rings is 1. The van der Waals surface area contributed by atoms with E-state index in [1.165, 1.54) is 35.1 Å². The predicted molar refractivity (Wildman–Crippen MR) is 76.0 cm³/mol. The van der Waals surface area contributed by atoms with Crippen molar-refractivity contribution in [2.75, 3.05) is 6.54 Å². The summed E-state index contributed by atoms with van der Waals surface area (Å²) in [6.45, 7) is 7.48. The van der Waals surface area contributed by atoms with Crippen LogP contribution in [0.15, 0.2) is 12.1 Å². The zero-order chi connectivity index (χ0) is 13.1. The van der Waals surface area contributed by atoms with E-state index in [0.717, 1.165) is 19.4 Å². The fourth-order valence-corrected chi connectivity index (χ4v) is 3.09. The van der Waals surface area contributed by atoms with E-state index in [9.17, 15) is 5.11 Å². The molecular weight excluding hydrogens is 222 g/mol. The van der Waals surface area contributed by atoms with Gasteiger partial charge in [0, 0.05) is 12.5 Å². The highest BCUT2D eigenvalue weighted by atomic mass is 16.3. The molecule has 1 aliphatic heterocycles. The average Bonchev–Trinajstić information content (AvgIpc) is 2.34. The molecule has 1 fully saturated rings. The molecule has 2 N–H and O–H groups in total. The minimum absolute atomic E-state index is 0.259. The molecule has 2 heteroatoms. The quantitative estimate of drug-likeness (QED) is 0.860. The first-order chi connectivity index (χ1) is 8.58. The number of hydrogen-bond donors (Lipinski definition) is 2. The third-order valence-electron chi connectivity index (χ3n) is 4.07. The van der Waals surface area contributed by atoms with Crippen LogP contribution in [0.2, 0.25) is 0 Å². The van der Waals surface area contributed by atoms with Gasteiger partial charge in [0.2, 0.25) is 0 Å². The van der Waals surface area contributed by atoms with Crippen LogP contribution in [0.3, 0.4) is 0 Å². The Kier molecular flexibility index (Phi) is 4.41. The van der Waals surface area contributed by atoms with Crippen LogP contribution in [-0.2, 0) is 6.42 Å². The maximum absolute atomic E-state index is 10.4. The van der Waals surface area contributed by atoms with Gasteiger partial charge in [0.25, 0.3) is 0 Å². The molecule has 2 unspecified atom stereocenters. The van der Waals surface area contributed by atoms with E-state index < -0.39 is 0 Å². The lowest BCUT2D eigenvalue weighted by molar-refractivity contribution is 0.113. The fourth-order valence-electron chi connectivity index (χ4n) is 3.09. The maximum Gasteiger partial charge on any atom is 0.0733 e. The van der Waals surface area contributed by atoms with Crippen LogP contribution in [0.4, 0.5) is 0 Å². The van der Waals surface area contributed by atoms with Crippen LogP contribution < -0.4 is 5.32 Å². The minimum atomic E-state index is -0.259. The lowest BCUT2D eigenvalue weighted by Gasteiger charge is -2.29. The van der Waals surface area contributed by atoms with Gasteiger partial charge in [-0.2, -0.15) is 0 Å². The Hall–Kier alpha value is -0.860. The normalized spacial score (nSPS) is 21.9. The van der Waals surface area contributed by atoms with Gasteiger partial charge in [0.1, 0.15) is 0 Å². The Morgan fingerprint density at radius 1 is 1.22 bits per heavy atom. The molecule has 0 spiro atoms. The van der Waals surface area contributed by atoms with Gasteiger partial charge < -0.3 is 10.4 Å². The van der Waals surface area contributed by atoms with Crippen molar-refractivity contribution in [1.82, 2.24) is 5.32 Å². The Labute approximate surface area is 110 Å². The van der Waals surface area contributed by atoms with Crippen molar-refractivity contribution in [3.63, 3.8) is 0 Å². The van der Waals surface area contributed by atoms with E-state index >= 15 is 0 Å². The first-order valence-electron chi connectivity index (χ1n) is 7.06. The molecule has 0 aromatic heterocycles. The largest absolute Gasteiger partial charge is 0.391 e. The van der Waals surface area contributed by atoms with Crippen molar-refractivity contribution in [2.45, 2.75) is 58.6 Å². The topological polar surface area (TPSA) is 32.3 Å². The Morgan fingerprint density at radius 3 is 2.44 bits per heavy atom. The number of nitrogens with one attached hydrogen (secondary N) is 1. The first-order valence-corrected chi connectivity index (χ1v) is 7.06. The number of rotatable bonds is 3. The molecule has 1 saturated heterocycles. The highest BCUT2D eigenvalue weighted by molar-refractivity contribution is 5.38. The highest BCUT2D eigenvalue weighted by Crippen LogP contribution is 2.21. The van der Waals surface area contributed by atoms with Gasteiger partial charge >= 0.3 is 0 Å². The predicted octanol–water partition coefficient (Wildman–Crippen LogP) is 2.66. The summed E-state index contributed by atoms with van der Waals surface area (Å²) < 4.78 is 0. The fraction of sp³-hybridized carbons (Fsp3) is 0.625. The number of hydrogen-bond acceptors (Lipinski definition) is 2. The van der Waals surface area contributed by atoms with E-state index in [4.69, 9.17) is 0 Å². The van der Waals surface area contributed by atoms with Crippen LogP contribution in [0.5, 0.6) is 0 Å². The van der Waals surface area contributed by atoms with Crippen LogP contribution in [0.25, 0.3) is 0 Å². The second kappa shape index (κ2) is 5.85. The van der Waals surface area contributed by atoms with Gasteiger partial charge in [0.15, 0.2) is 0 Å². The van der Waals surface area contributed by atoms with E-state index in [2.05, 4.69) is 38.2 Å². The monoisotopic (exact) mass is 247 g/mol. The van der Waals surface area contributed by atoms with Gasteiger partial charge in [-0.1, -0.05) is 24.1 Å². The zero-order valence-electron chi connectivity index (χ0n) is 11.8. The van der Waals surface area contributed by atoms with Gasteiger partial charge in [-0.25, -0.2) is 0 Å². The maximum atomic E-state index is 10.4. The standard InChI is InChI=1S/C16H25NO/c1-11-8-12(2)14(13(3)9-11)10-16(18)15-6-4-5-7-17-15/h8-9,15-18H,4-7,10H2,1-3H3. The van der Waals surface area contributed by atoms with Gasteiger partial charge in [-0.05, 0) is 56.8 Å². The van der Waals surface area contributed by atoms with Crippen molar-refractivity contribution in [3.8, 4) is 0 Å². The van der Waals surface area contributed by atoms with Gasteiger partial charge in [0.05, 0.1) is 6.10 Å². The molecule has 1 heterocycles. The van der Waals surface area contributed by atoms with Crippen LogP contribution >= 0.6 is 0 Å². The van der Waals surface area contributed by atoms with Crippen LogP contribution in [-0.4, -0.2) is 23.8 Å². The zero-order valence-corrected chi connectivity index (χ0v) is 11.8.